The first-order valence-electron chi connectivity index (χ1n) is 13.9. The largest absolute Gasteiger partial charge is 0.368 e. The van der Waals surface area contributed by atoms with Crippen LogP contribution in [0.3, 0.4) is 0 Å². The number of primary amides is 1. The van der Waals surface area contributed by atoms with Gasteiger partial charge in [0.25, 0.3) is 0 Å². The fourth-order valence-corrected chi connectivity index (χ4v) is 5.69. The van der Waals surface area contributed by atoms with E-state index in [1.807, 2.05) is 43.5 Å². The maximum Gasteiger partial charge on any atom is 0.340 e. The number of aromatic nitrogens is 4. The van der Waals surface area contributed by atoms with Crippen molar-refractivity contribution in [1.29, 1.82) is 0 Å². The molecule has 0 spiro atoms. The first kappa shape index (κ1) is 30.7. The van der Waals surface area contributed by atoms with E-state index in [1.54, 1.807) is 35.4 Å². The molecule has 2 amide bonds. The molecule has 0 unspecified atom stereocenters. The second-order valence-corrected chi connectivity index (χ2v) is 10.7. The minimum absolute atomic E-state index is 0. The molecule has 1 atom stereocenters. The molecule has 0 saturated heterocycles. The van der Waals surface area contributed by atoms with E-state index in [0.29, 0.717) is 42.4 Å². The Labute approximate surface area is 250 Å². The molecule has 6 N–H and O–H groups in total. The van der Waals surface area contributed by atoms with E-state index in [4.69, 9.17) is 11.5 Å². The number of H-pyrrole nitrogens is 2. The van der Waals surface area contributed by atoms with Gasteiger partial charge < -0.3 is 11.5 Å². The van der Waals surface area contributed by atoms with Gasteiger partial charge in [-0.15, -0.1) is 12.4 Å². The van der Waals surface area contributed by atoms with Crippen molar-refractivity contribution in [3.8, 4) is 22.5 Å². The number of carbonyl (C=O) groups is 2. The van der Waals surface area contributed by atoms with Gasteiger partial charge in [0.1, 0.15) is 6.04 Å². The predicted octanol–water partition coefficient (Wildman–Crippen LogP) is 3.75. The van der Waals surface area contributed by atoms with E-state index in [9.17, 15) is 14.4 Å². The number of aromatic amines is 2. The molecule has 1 aliphatic carbocycles. The van der Waals surface area contributed by atoms with Gasteiger partial charge in [0.05, 0.1) is 0 Å². The molecule has 0 radical (unpaired) electrons. The van der Waals surface area contributed by atoms with E-state index in [-0.39, 0.29) is 30.7 Å². The highest BCUT2D eigenvalue weighted by molar-refractivity contribution is 6.01. The maximum absolute atomic E-state index is 14.1. The molecule has 2 aromatic carbocycles. The summed E-state index contributed by atoms with van der Waals surface area (Å²) in [6.45, 7) is 2.61. The van der Waals surface area contributed by atoms with Crippen LogP contribution in [0.25, 0.3) is 22.5 Å². The molecule has 10 nitrogen and oxygen atoms in total. The Morgan fingerprint density at radius 3 is 2.40 bits per heavy atom. The molecule has 2 heterocycles. The van der Waals surface area contributed by atoms with Gasteiger partial charge in [0.2, 0.25) is 11.8 Å². The second kappa shape index (κ2) is 13.6. The normalized spacial score (nSPS) is 17.2. The average molecular weight is 590 g/mol. The summed E-state index contributed by atoms with van der Waals surface area (Å²) in [6.07, 6.45) is 7.00. The monoisotopic (exact) mass is 589 g/mol. The predicted molar refractivity (Wildman–Crippen MR) is 165 cm³/mol. The van der Waals surface area contributed by atoms with Crippen LogP contribution in [0.4, 0.5) is 5.69 Å². The Kier molecular flexibility index (Phi) is 9.92. The number of aryl methyl sites for hydroxylation is 1. The summed E-state index contributed by atoms with van der Waals surface area (Å²) in [5.74, 6) is -0.136. The fourth-order valence-electron chi connectivity index (χ4n) is 5.69. The number of nitrogens with zero attached hydrogens (tertiary/aromatic N) is 3. The lowest BCUT2D eigenvalue weighted by Gasteiger charge is -2.35. The van der Waals surface area contributed by atoms with Crippen LogP contribution in [-0.4, -0.2) is 44.6 Å². The molecule has 2 aromatic heterocycles. The lowest BCUT2D eigenvalue weighted by atomic mass is 9.81. The molecule has 42 heavy (non-hydrogen) atoms. The molecule has 220 valence electrons. The Morgan fingerprint density at radius 2 is 1.79 bits per heavy atom. The quantitative estimate of drug-likeness (QED) is 0.232. The molecule has 1 aliphatic rings. The van der Waals surface area contributed by atoms with Gasteiger partial charge in [-0.3, -0.25) is 24.5 Å². The molecule has 4 aromatic rings. The molecule has 5 rings (SSSR count). The first-order chi connectivity index (χ1) is 19.8. The summed E-state index contributed by atoms with van der Waals surface area (Å²) < 4.78 is 0. The molecular weight excluding hydrogens is 554 g/mol. The highest BCUT2D eigenvalue weighted by atomic mass is 35.5. The minimum atomic E-state index is -0.903. The average Bonchev–Trinajstić information content (AvgIpc) is 3.43. The number of benzene rings is 2. The van der Waals surface area contributed by atoms with Crippen LogP contribution in [0.15, 0.2) is 71.8 Å². The van der Waals surface area contributed by atoms with Crippen LogP contribution >= 0.6 is 12.4 Å². The number of hydrogen-bond acceptors (Lipinski definition) is 6. The lowest BCUT2D eigenvalue weighted by molar-refractivity contribution is -0.127. The Bertz CT molecular complexity index is 1580. The van der Waals surface area contributed by atoms with E-state index < -0.39 is 17.6 Å². The Hall–Kier alpha value is -4.28. The third kappa shape index (κ3) is 6.78. The smallest absolute Gasteiger partial charge is 0.340 e. The van der Waals surface area contributed by atoms with Crippen LogP contribution < -0.4 is 22.1 Å². The standard InChI is InChI=1S/C31H35N7O3.ClH/c1-19-18-34-14-13-26(19)24-4-2-3-21(15-24)16-27(28(33)39)38(30(40)23-7-5-20(17-32)6-8-23)25-11-9-22(10-12-25)29-35-31(41)37-36-29;/h2-4,9-15,18,20,23,27H,5-8,16-17,32H2,1H3,(H2,33,39)(H2,35,36,37,41);1H/t20?,23?,27-;/m0./s1. The highest BCUT2D eigenvalue weighted by Crippen LogP contribution is 2.33. The number of rotatable bonds is 9. The van der Waals surface area contributed by atoms with Gasteiger partial charge in [-0.2, -0.15) is 5.10 Å². The van der Waals surface area contributed by atoms with Crippen molar-refractivity contribution in [2.75, 3.05) is 11.4 Å². The van der Waals surface area contributed by atoms with Crippen molar-refractivity contribution in [2.45, 2.75) is 45.1 Å². The number of pyridine rings is 1. The van der Waals surface area contributed by atoms with Crippen LogP contribution in [0, 0.1) is 18.8 Å². The molecule has 1 fully saturated rings. The van der Waals surface area contributed by atoms with E-state index >= 15 is 0 Å². The van der Waals surface area contributed by atoms with Gasteiger partial charge in [0.15, 0.2) is 5.82 Å². The summed E-state index contributed by atoms with van der Waals surface area (Å²) in [5.41, 5.74) is 16.7. The number of amides is 2. The Morgan fingerprint density at radius 1 is 1.05 bits per heavy atom. The Balaban J connectivity index is 0.00000405. The van der Waals surface area contributed by atoms with Crippen molar-refractivity contribution in [3.05, 3.63) is 88.6 Å². The van der Waals surface area contributed by atoms with Crippen LogP contribution in [0.1, 0.15) is 36.8 Å². The van der Waals surface area contributed by atoms with Gasteiger partial charge in [0, 0.05) is 36.0 Å². The molecule has 11 heteroatoms. The number of carbonyl (C=O) groups excluding carboxylic acids is 2. The summed E-state index contributed by atoms with van der Waals surface area (Å²) in [5, 5.41) is 6.34. The van der Waals surface area contributed by atoms with Crippen LogP contribution in [0.2, 0.25) is 0 Å². The number of nitrogens with two attached hydrogens (primary N) is 2. The minimum Gasteiger partial charge on any atom is -0.368 e. The fraction of sp³-hybridized carbons (Fsp3) is 0.323. The molecule has 0 bridgehead atoms. The summed E-state index contributed by atoms with van der Waals surface area (Å²) in [7, 11) is 0. The van der Waals surface area contributed by atoms with Crippen molar-refractivity contribution in [2.24, 2.45) is 23.3 Å². The van der Waals surface area contributed by atoms with E-state index in [0.717, 1.165) is 35.1 Å². The van der Waals surface area contributed by atoms with Crippen molar-refractivity contribution in [1.82, 2.24) is 20.2 Å². The number of anilines is 1. The topological polar surface area (TPSA) is 164 Å². The second-order valence-electron chi connectivity index (χ2n) is 10.7. The summed E-state index contributed by atoms with van der Waals surface area (Å²) >= 11 is 0. The van der Waals surface area contributed by atoms with E-state index in [2.05, 4.69) is 20.2 Å². The third-order valence-corrected chi connectivity index (χ3v) is 8.01. The van der Waals surface area contributed by atoms with Crippen molar-refractivity contribution < 1.29 is 9.59 Å². The summed E-state index contributed by atoms with van der Waals surface area (Å²) in [6, 6.07) is 16.0. The van der Waals surface area contributed by atoms with Gasteiger partial charge in [-0.05, 0) is 97.7 Å². The zero-order chi connectivity index (χ0) is 28.9. The maximum atomic E-state index is 14.1. The SMILES string of the molecule is Cc1cnccc1-c1cccc(C[C@@H](C(N)=O)N(C(=O)C2CCC(CN)CC2)c2ccc(-c3n[nH]c(=O)[nH]3)cc2)c1.Cl. The zero-order valence-corrected chi connectivity index (χ0v) is 24.3. The molecule has 1 saturated carbocycles. The number of nitrogens with one attached hydrogen (secondary N) is 2. The lowest BCUT2D eigenvalue weighted by Crippen LogP contribution is -2.52. The third-order valence-electron chi connectivity index (χ3n) is 8.01. The first-order valence-corrected chi connectivity index (χ1v) is 13.9. The number of hydrogen-bond donors (Lipinski definition) is 4. The number of halogens is 1. The van der Waals surface area contributed by atoms with Crippen molar-refractivity contribution in [3.63, 3.8) is 0 Å². The van der Waals surface area contributed by atoms with Gasteiger partial charge in [-0.25, -0.2) is 9.89 Å². The molecule has 0 aliphatic heterocycles. The van der Waals surface area contributed by atoms with E-state index in [1.165, 1.54) is 0 Å². The highest BCUT2D eigenvalue weighted by Gasteiger charge is 2.36. The van der Waals surface area contributed by atoms with Crippen LogP contribution in [-0.2, 0) is 16.0 Å². The molecular formula is C31H36ClN7O3. The summed E-state index contributed by atoms with van der Waals surface area (Å²) in [4.78, 5) is 47.1. The van der Waals surface area contributed by atoms with Gasteiger partial charge in [-0.1, -0.05) is 24.3 Å². The van der Waals surface area contributed by atoms with Crippen LogP contribution in [0.5, 0.6) is 0 Å². The van der Waals surface area contributed by atoms with Gasteiger partial charge >= 0.3 is 5.69 Å². The zero-order valence-electron chi connectivity index (χ0n) is 23.5. The van der Waals surface area contributed by atoms with Crippen molar-refractivity contribution >= 4 is 29.9 Å².